The predicted molar refractivity (Wildman–Crippen MR) is 61.7 cm³/mol. The molecule has 0 bridgehead atoms. The summed E-state index contributed by atoms with van der Waals surface area (Å²) in [7, 11) is 0. The molecular formula is C11H17N3O2. The summed E-state index contributed by atoms with van der Waals surface area (Å²) >= 11 is 0. The Bertz CT molecular complexity index is 389. The van der Waals surface area contributed by atoms with Gasteiger partial charge in [0.1, 0.15) is 0 Å². The Balaban J connectivity index is 2.06. The maximum absolute atomic E-state index is 11.2. The van der Waals surface area contributed by atoms with Gasteiger partial charge in [0.2, 0.25) is 0 Å². The molecule has 2 heterocycles. The zero-order valence-corrected chi connectivity index (χ0v) is 9.48. The number of nitrogens with zero attached hydrogens (tertiary/aromatic N) is 2. The molecule has 1 aromatic heterocycles. The van der Waals surface area contributed by atoms with Crippen molar-refractivity contribution < 1.29 is 4.74 Å². The second-order valence-corrected chi connectivity index (χ2v) is 3.97. The van der Waals surface area contributed by atoms with Gasteiger partial charge in [-0.05, 0) is 19.8 Å². The van der Waals surface area contributed by atoms with Gasteiger partial charge in [-0.15, -0.1) is 0 Å². The SMILES string of the molecule is CCOC1CCCN(c2cn[nH]c(=O)c2)C1. The number of aromatic amines is 1. The van der Waals surface area contributed by atoms with Crippen LogP contribution in [0.25, 0.3) is 0 Å². The molecule has 0 saturated carbocycles. The maximum Gasteiger partial charge on any atom is 0.266 e. The Labute approximate surface area is 94.4 Å². The van der Waals surface area contributed by atoms with Gasteiger partial charge in [-0.25, -0.2) is 5.10 Å². The van der Waals surface area contributed by atoms with Crippen LogP contribution >= 0.6 is 0 Å². The third-order valence-electron chi connectivity index (χ3n) is 2.80. The largest absolute Gasteiger partial charge is 0.377 e. The first-order chi connectivity index (χ1) is 7.79. The van der Waals surface area contributed by atoms with E-state index in [9.17, 15) is 4.79 Å². The molecule has 0 amide bonds. The molecule has 88 valence electrons. The standard InChI is InChI=1S/C11H17N3O2/c1-2-16-10-4-3-5-14(8-10)9-6-11(15)13-12-7-9/h6-7,10H,2-5,8H2,1H3,(H,13,15). The van der Waals surface area contributed by atoms with Crippen molar-refractivity contribution in [1.82, 2.24) is 10.2 Å². The molecule has 2 rings (SSSR count). The van der Waals surface area contributed by atoms with E-state index in [4.69, 9.17) is 4.74 Å². The second-order valence-electron chi connectivity index (χ2n) is 3.97. The van der Waals surface area contributed by atoms with E-state index in [1.54, 1.807) is 12.3 Å². The highest BCUT2D eigenvalue weighted by atomic mass is 16.5. The molecule has 1 N–H and O–H groups in total. The zero-order valence-electron chi connectivity index (χ0n) is 9.48. The van der Waals surface area contributed by atoms with E-state index < -0.39 is 0 Å². The molecule has 1 atom stereocenters. The highest BCUT2D eigenvalue weighted by molar-refractivity contribution is 5.43. The van der Waals surface area contributed by atoms with E-state index in [1.165, 1.54) is 0 Å². The van der Waals surface area contributed by atoms with Crippen molar-refractivity contribution in [2.24, 2.45) is 0 Å². The third-order valence-corrected chi connectivity index (χ3v) is 2.80. The van der Waals surface area contributed by atoms with Gasteiger partial charge < -0.3 is 9.64 Å². The van der Waals surface area contributed by atoms with E-state index in [2.05, 4.69) is 15.1 Å². The zero-order chi connectivity index (χ0) is 11.4. The Hall–Kier alpha value is -1.36. The first-order valence-electron chi connectivity index (χ1n) is 5.71. The van der Waals surface area contributed by atoms with Crippen LogP contribution in [0.5, 0.6) is 0 Å². The molecule has 1 aliphatic rings. The van der Waals surface area contributed by atoms with Crippen molar-refractivity contribution in [3.63, 3.8) is 0 Å². The molecule has 5 heteroatoms. The van der Waals surface area contributed by atoms with Crippen LogP contribution in [0, 0.1) is 0 Å². The predicted octanol–water partition coefficient (Wildman–Crippen LogP) is 0.775. The summed E-state index contributed by atoms with van der Waals surface area (Å²) in [4.78, 5) is 13.3. The van der Waals surface area contributed by atoms with Crippen molar-refractivity contribution in [2.45, 2.75) is 25.9 Å². The van der Waals surface area contributed by atoms with E-state index in [1.807, 2.05) is 6.92 Å². The number of hydrogen-bond acceptors (Lipinski definition) is 4. The van der Waals surface area contributed by atoms with Gasteiger partial charge in [0.25, 0.3) is 5.56 Å². The van der Waals surface area contributed by atoms with Crippen molar-refractivity contribution in [2.75, 3.05) is 24.6 Å². The lowest BCUT2D eigenvalue weighted by atomic mass is 10.1. The van der Waals surface area contributed by atoms with Gasteiger partial charge >= 0.3 is 0 Å². The van der Waals surface area contributed by atoms with Gasteiger partial charge in [-0.2, -0.15) is 5.10 Å². The van der Waals surface area contributed by atoms with Crippen LogP contribution in [0.4, 0.5) is 5.69 Å². The average Bonchev–Trinajstić information content (AvgIpc) is 2.30. The summed E-state index contributed by atoms with van der Waals surface area (Å²) in [5.74, 6) is 0. The minimum Gasteiger partial charge on any atom is -0.377 e. The summed E-state index contributed by atoms with van der Waals surface area (Å²) < 4.78 is 5.62. The number of nitrogens with one attached hydrogen (secondary N) is 1. The monoisotopic (exact) mass is 223 g/mol. The average molecular weight is 223 g/mol. The molecule has 1 aliphatic heterocycles. The summed E-state index contributed by atoms with van der Waals surface area (Å²) in [6, 6.07) is 1.58. The lowest BCUT2D eigenvalue weighted by Gasteiger charge is -2.33. The van der Waals surface area contributed by atoms with Crippen molar-refractivity contribution in [3.8, 4) is 0 Å². The minimum absolute atomic E-state index is 0.156. The van der Waals surface area contributed by atoms with Crippen LogP contribution in [-0.4, -0.2) is 36.0 Å². The van der Waals surface area contributed by atoms with Crippen molar-refractivity contribution in [1.29, 1.82) is 0 Å². The van der Waals surface area contributed by atoms with Crippen LogP contribution < -0.4 is 10.5 Å². The molecular weight excluding hydrogens is 206 g/mol. The number of ether oxygens (including phenoxy) is 1. The normalized spacial score (nSPS) is 21.1. The fourth-order valence-corrected chi connectivity index (χ4v) is 2.08. The van der Waals surface area contributed by atoms with E-state index in [-0.39, 0.29) is 11.7 Å². The van der Waals surface area contributed by atoms with Crippen LogP contribution in [0.15, 0.2) is 17.1 Å². The molecule has 0 radical (unpaired) electrons. The first-order valence-corrected chi connectivity index (χ1v) is 5.71. The first kappa shape index (κ1) is 11.1. The molecule has 0 spiro atoms. The Kier molecular flexibility index (Phi) is 3.56. The molecule has 16 heavy (non-hydrogen) atoms. The number of hydrogen-bond donors (Lipinski definition) is 1. The fraction of sp³-hybridized carbons (Fsp3) is 0.636. The van der Waals surface area contributed by atoms with E-state index in [0.29, 0.717) is 0 Å². The number of anilines is 1. The number of H-pyrrole nitrogens is 1. The van der Waals surface area contributed by atoms with E-state index in [0.717, 1.165) is 38.2 Å². The van der Waals surface area contributed by atoms with Crippen LogP contribution in [-0.2, 0) is 4.74 Å². The van der Waals surface area contributed by atoms with Gasteiger partial charge in [0.05, 0.1) is 18.0 Å². The van der Waals surface area contributed by atoms with Gasteiger partial charge in [-0.1, -0.05) is 0 Å². The molecule has 0 aliphatic carbocycles. The highest BCUT2D eigenvalue weighted by Crippen LogP contribution is 2.18. The Morgan fingerprint density at radius 3 is 3.31 bits per heavy atom. The molecule has 0 aromatic carbocycles. The van der Waals surface area contributed by atoms with Crippen LogP contribution in [0.2, 0.25) is 0 Å². The maximum atomic E-state index is 11.2. The summed E-state index contributed by atoms with van der Waals surface area (Å²) in [5, 5.41) is 6.19. The fourth-order valence-electron chi connectivity index (χ4n) is 2.08. The van der Waals surface area contributed by atoms with E-state index >= 15 is 0 Å². The Morgan fingerprint density at radius 1 is 1.69 bits per heavy atom. The number of aromatic nitrogens is 2. The highest BCUT2D eigenvalue weighted by Gasteiger charge is 2.20. The number of rotatable bonds is 3. The third kappa shape index (κ3) is 2.61. The molecule has 1 saturated heterocycles. The van der Waals surface area contributed by atoms with Crippen molar-refractivity contribution >= 4 is 5.69 Å². The Morgan fingerprint density at radius 2 is 2.56 bits per heavy atom. The smallest absolute Gasteiger partial charge is 0.266 e. The van der Waals surface area contributed by atoms with Gasteiger partial charge in [0.15, 0.2) is 0 Å². The molecule has 1 fully saturated rings. The van der Waals surface area contributed by atoms with Gasteiger partial charge in [-0.3, -0.25) is 4.79 Å². The van der Waals surface area contributed by atoms with Crippen molar-refractivity contribution in [3.05, 3.63) is 22.6 Å². The summed E-state index contributed by atoms with van der Waals surface area (Å²) in [6.07, 6.45) is 4.16. The second kappa shape index (κ2) is 5.12. The summed E-state index contributed by atoms with van der Waals surface area (Å²) in [6.45, 7) is 4.56. The van der Waals surface area contributed by atoms with Crippen LogP contribution in [0.1, 0.15) is 19.8 Å². The topological polar surface area (TPSA) is 58.2 Å². The lowest BCUT2D eigenvalue weighted by molar-refractivity contribution is 0.0526. The lowest BCUT2D eigenvalue weighted by Crippen LogP contribution is -2.40. The molecule has 5 nitrogen and oxygen atoms in total. The minimum atomic E-state index is -0.156. The van der Waals surface area contributed by atoms with Gasteiger partial charge in [0, 0.05) is 25.8 Å². The van der Waals surface area contributed by atoms with Crippen LogP contribution in [0.3, 0.4) is 0 Å². The summed E-state index contributed by atoms with van der Waals surface area (Å²) in [5.41, 5.74) is 0.726. The molecule has 1 unspecified atom stereocenters. The molecule has 1 aromatic rings. The number of piperidine rings is 1. The quantitative estimate of drug-likeness (QED) is 0.822.